The summed E-state index contributed by atoms with van der Waals surface area (Å²) in [6.45, 7) is -0.261. The summed E-state index contributed by atoms with van der Waals surface area (Å²) >= 11 is 0. The van der Waals surface area contributed by atoms with Gasteiger partial charge in [-0.1, -0.05) is 30.3 Å². The first-order valence-corrected chi connectivity index (χ1v) is 10.4. The fourth-order valence-corrected chi connectivity index (χ4v) is 4.26. The van der Waals surface area contributed by atoms with Gasteiger partial charge in [-0.3, -0.25) is 0 Å². The summed E-state index contributed by atoms with van der Waals surface area (Å²) in [5, 5.41) is 3.58. The number of ether oxygens (including phenoxy) is 2. The number of nitrogens with one attached hydrogen (secondary N) is 1. The van der Waals surface area contributed by atoms with Crippen molar-refractivity contribution in [1.29, 1.82) is 0 Å². The van der Waals surface area contributed by atoms with E-state index in [1.54, 1.807) is 6.07 Å². The van der Waals surface area contributed by atoms with Crippen LogP contribution in [0.3, 0.4) is 0 Å². The molecule has 0 aromatic heterocycles. The van der Waals surface area contributed by atoms with E-state index in [4.69, 9.17) is 9.47 Å². The molecule has 0 radical (unpaired) electrons. The lowest BCUT2D eigenvalue weighted by atomic mass is 10.0. The number of benzene rings is 2. The molecule has 1 unspecified atom stereocenters. The largest absolute Gasteiger partial charge is 0.486 e. The van der Waals surface area contributed by atoms with E-state index >= 15 is 0 Å². The van der Waals surface area contributed by atoms with Crippen LogP contribution in [0.2, 0.25) is 0 Å². The van der Waals surface area contributed by atoms with Gasteiger partial charge in [-0.05, 0) is 49.8 Å². The highest BCUT2D eigenvalue weighted by atomic mass is 19.3. The van der Waals surface area contributed by atoms with Gasteiger partial charge in [-0.25, -0.2) is 0 Å². The summed E-state index contributed by atoms with van der Waals surface area (Å²) < 4.78 is 36.4. The van der Waals surface area contributed by atoms with Gasteiger partial charge in [-0.15, -0.1) is 0 Å². The lowest BCUT2D eigenvalue weighted by Gasteiger charge is -2.35. The van der Waals surface area contributed by atoms with Crippen LogP contribution in [0.15, 0.2) is 48.5 Å². The zero-order chi connectivity index (χ0) is 20.1. The highest BCUT2D eigenvalue weighted by molar-refractivity contribution is 5.57. The zero-order valence-electron chi connectivity index (χ0n) is 16.5. The predicted molar refractivity (Wildman–Crippen MR) is 110 cm³/mol. The van der Waals surface area contributed by atoms with Crippen molar-refractivity contribution in [1.82, 2.24) is 5.32 Å². The number of alkyl halides is 2. The third-order valence-electron chi connectivity index (χ3n) is 5.68. The summed E-state index contributed by atoms with van der Waals surface area (Å²) in [6, 6.07) is 16.1. The molecule has 4 nitrogen and oxygen atoms in total. The van der Waals surface area contributed by atoms with Crippen LogP contribution in [0.4, 0.5) is 14.5 Å². The van der Waals surface area contributed by atoms with Crippen molar-refractivity contribution in [3.05, 3.63) is 54.1 Å². The molecule has 29 heavy (non-hydrogen) atoms. The first-order valence-electron chi connectivity index (χ1n) is 10.4. The number of piperazine rings is 1. The molecule has 0 bridgehead atoms. The Hall–Kier alpha value is -2.34. The molecule has 2 fully saturated rings. The van der Waals surface area contributed by atoms with E-state index in [9.17, 15) is 8.78 Å². The SMILES string of the molecule is FC(F)Oc1ccc(N2CCNC(Cc3ccccc3)C2)cc1OC1CCCC1. The van der Waals surface area contributed by atoms with E-state index in [1.165, 1.54) is 5.56 Å². The topological polar surface area (TPSA) is 33.7 Å². The van der Waals surface area contributed by atoms with Crippen LogP contribution in [-0.2, 0) is 6.42 Å². The molecule has 1 atom stereocenters. The number of hydrogen-bond acceptors (Lipinski definition) is 4. The van der Waals surface area contributed by atoms with Crippen molar-refractivity contribution in [2.24, 2.45) is 0 Å². The smallest absolute Gasteiger partial charge is 0.387 e. The van der Waals surface area contributed by atoms with Gasteiger partial charge in [0.2, 0.25) is 0 Å². The Bertz CT molecular complexity index is 782. The maximum atomic E-state index is 12.8. The summed E-state index contributed by atoms with van der Waals surface area (Å²) in [6.07, 6.45) is 5.20. The maximum absolute atomic E-state index is 12.8. The molecule has 0 amide bonds. The molecule has 2 aromatic rings. The Labute approximate surface area is 170 Å². The molecule has 4 rings (SSSR count). The molecule has 2 aromatic carbocycles. The molecular formula is C23H28F2N2O2. The fourth-order valence-electron chi connectivity index (χ4n) is 4.26. The van der Waals surface area contributed by atoms with Crippen molar-refractivity contribution in [3.63, 3.8) is 0 Å². The number of rotatable bonds is 7. The maximum Gasteiger partial charge on any atom is 0.387 e. The minimum absolute atomic E-state index is 0.0825. The van der Waals surface area contributed by atoms with Gasteiger partial charge in [0.25, 0.3) is 0 Å². The second-order valence-corrected chi connectivity index (χ2v) is 7.82. The van der Waals surface area contributed by atoms with E-state index in [1.807, 2.05) is 18.2 Å². The first kappa shape index (κ1) is 20.0. The molecule has 6 heteroatoms. The average Bonchev–Trinajstić information content (AvgIpc) is 3.23. The van der Waals surface area contributed by atoms with Crippen LogP contribution in [0, 0.1) is 0 Å². The number of hydrogen-bond donors (Lipinski definition) is 1. The van der Waals surface area contributed by atoms with Crippen LogP contribution < -0.4 is 19.7 Å². The van der Waals surface area contributed by atoms with Crippen LogP contribution in [0.5, 0.6) is 11.5 Å². The molecule has 1 N–H and O–H groups in total. The normalized spacial score (nSPS) is 20.2. The highest BCUT2D eigenvalue weighted by Crippen LogP contribution is 2.36. The summed E-state index contributed by atoms with van der Waals surface area (Å²) in [5.74, 6) is 0.541. The van der Waals surface area contributed by atoms with Crippen LogP contribution >= 0.6 is 0 Å². The summed E-state index contributed by atoms with van der Waals surface area (Å²) in [4.78, 5) is 2.29. The van der Waals surface area contributed by atoms with E-state index in [-0.39, 0.29) is 11.9 Å². The molecule has 1 saturated carbocycles. The second kappa shape index (κ2) is 9.44. The minimum atomic E-state index is -2.86. The monoisotopic (exact) mass is 402 g/mol. The molecule has 156 valence electrons. The lowest BCUT2D eigenvalue weighted by Crippen LogP contribution is -2.51. The molecular weight excluding hydrogens is 374 g/mol. The fraction of sp³-hybridized carbons (Fsp3) is 0.478. The van der Waals surface area contributed by atoms with Gasteiger partial charge in [-0.2, -0.15) is 8.78 Å². The van der Waals surface area contributed by atoms with Crippen molar-refractivity contribution >= 4 is 5.69 Å². The third kappa shape index (κ3) is 5.38. The minimum Gasteiger partial charge on any atom is -0.486 e. The Morgan fingerprint density at radius 3 is 2.59 bits per heavy atom. The Kier molecular flexibility index (Phi) is 6.49. The van der Waals surface area contributed by atoms with E-state index in [2.05, 4.69) is 34.5 Å². The molecule has 1 heterocycles. The first-order chi connectivity index (χ1) is 14.2. The molecule has 1 saturated heterocycles. The molecule has 1 aliphatic carbocycles. The van der Waals surface area contributed by atoms with Gasteiger partial charge < -0.3 is 19.7 Å². The molecule has 0 spiro atoms. The van der Waals surface area contributed by atoms with Crippen LogP contribution in [0.25, 0.3) is 0 Å². The predicted octanol–water partition coefficient (Wildman–Crippen LogP) is 4.63. The van der Waals surface area contributed by atoms with Crippen molar-refractivity contribution < 1.29 is 18.3 Å². The second-order valence-electron chi connectivity index (χ2n) is 7.82. The summed E-state index contributed by atoms with van der Waals surface area (Å²) in [7, 11) is 0. The van der Waals surface area contributed by atoms with Crippen LogP contribution in [-0.4, -0.2) is 38.4 Å². The Morgan fingerprint density at radius 1 is 1.03 bits per heavy atom. The van der Waals surface area contributed by atoms with Gasteiger partial charge in [0.15, 0.2) is 11.5 Å². The van der Waals surface area contributed by atoms with E-state index in [0.29, 0.717) is 11.8 Å². The number of nitrogens with zero attached hydrogens (tertiary/aromatic N) is 1. The lowest BCUT2D eigenvalue weighted by molar-refractivity contribution is -0.0520. The zero-order valence-corrected chi connectivity index (χ0v) is 16.5. The van der Waals surface area contributed by atoms with Crippen molar-refractivity contribution in [3.8, 4) is 11.5 Å². The van der Waals surface area contributed by atoms with E-state index < -0.39 is 6.61 Å². The summed E-state index contributed by atoms with van der Waals surface area (Å²) in [5.41, 5.74) is 2.29. The highest BCUT2D eigenvalue weighted by Gasteiger charge is 2.23. The quantitative estimate of drug-likeness (QED) is 0.732. The van der Waals surface area contributed by atoms with E-state index in [0.717, 1.165) is 57.4 Å². The van der Waals surface area contributed by atoms with Crippen molar-refractivity contribution in [2.45, 2.75) is 50.9 Å². The standard InChI is InChI=1S/C23H28F2N2O2/c24-23(25)29-21-11-10-19(15-22(21)28-20-8-4-5-9-20)27-13-12-26-18(16-27)14-17-6-2-1-3-7-17/h1-3,6-7,10-11,15,18,20,23,26H,4-5,8-9,12-14,16H2. The Balaban J connectivity index is 1.48. The van der Waals surface area contributed by atoms with Gasteiger partial charge in [0.1, 0.15) is 0 Å². The van der Waals surface area contributed by atoms with Gasteiger partial charge in [0, 0.05) is 37.4 Å². The number of halogens is 2. The Morgan fingerprint density at radius 2 is 1.83 bits per heavy atom. The van der Waals surface area contributed by atoms with Crippen LogP contribution in [0.1, 0.15) is 31.2 Å². The average molecular weight is 402 g/mol. The molecule has 2 aliphatic rings. The van der Waals surface area contributed by atoms with Gasteiger partial charge >= 0.3 is 6.61 Å². The molecule has 1 aliphatic heterocycles. The third-order valence-corrected chi connectivity index (χ3v) is 5.68. The number of anilines is 1. The van der Waals surface area contributed by atoms with Gasteiger partial charge in [0.05, 0.1) is 6.10 Å². The van der Waals surface area contributed by atoms with Crippen molar-refractivity contribution in [2.75, 3.05) is 24.5 Å².